The van der Waals surface area contributed by atoms with Gasteiger partial charge in [-0.15, -0.1) is 11.3 Å². The summed E-state index contributed by atoms with van der Waals surface area (Å²) >= 11 is 1.55. The van der Waals surface area contributed by atoms with Crippen molar-refractivity contribution in [3.63, 3.8) is 0 Å². The number of carbonyl (C=O) groups is 1. The van der Waals surface area contributed by atoms with Crippen molar-refractivity contribution in [2.75, 3.05) is 19.7 Å². The lowest BCUT2D eigenvalue weighted by Crippen LogP contribution is -2.38. The Morgan fingerprint density at radius 2 is 2.17 bits per heavy atom. The van der Waals surface area contributed by atoms with Gasteiger partial charge in [-0.25, -0.2) is 0 Å². The van der Waals surface area contributed by atoms with Crippen LogP contribution >= 0.6 is 11.3 Å². The van der Waals surface area contributed by atoms with Crippen molar-refractivity contribution in [3.8, 4) is 0 Å². The zero-order valence-corrected chi connectivity index (χ0v) is 18.3. The summed E-state index contributed by atoms with van der Waals surface area (Å²) in [6, 6.07) is 8.32. The molecular weight excluding hydrogens is 384 g/mol. The van der Waals surface area contributed by atoms with Gasteiger partial charge in [0.25, 0.3) is 5.91 Å². The molecule has 154 valence electrons. The second kappa shape index (κ2) is 8.26. The Labute approximate surface area is 175 Å². The predicted molar refractivity (Wildman–Crippen MR) is 116 cm³/mol. The average molecular weight is 413 g/mol. The number of hydrogen-bond acceptors (Lipinski definition) is 5. The van der Waals surface area contributed by atoms with Gasteiger partial charge in [0.1, 0.15) is 0 Å². The summed E-state index contributed by atoms with van der Waals surface area (Å²) < 4.78 is 9.18. The molecule has 1 amide bonds. The van der Waals surface area contributed by atoms with Crippen molar-refractivity contribution >= 4 is 27.3 Å². The van der Waals surface area contributed by atoms with Gasteiger partial charge in [0.15, 0.2) is 0 Å². The molecule has 3 aromatic rings. The lowest BCUT2D eigenvalue weighted by Gasteiger charge is -2.33. The van der Waals surface area contributed by atoms with Gasteiger partial charge in [-0.1, -0.05) is 18.2 Å². The number of fused-ring (bicyclic) bond motifs is 1. The number of carbonyl (C=O) groups excluding carboxylic acids is 1. The summed E-state index contributed by atoms with van der Waals surface area (Å²) in [5, 5.41) is 8.63. The molecule has 1 aliphatic rings. The maximum atomic E-state index is 12.9. The zero-order valence-electron chi connectivity index (χ0n) is 17.4. The first kappa shape index (κ1) is 20.1. The van der Waals surface area contributed by atoms with Crippen LogP contribution in [0.5, 0.6) is 0 Å². The number of nitrogens with one attached hydrogen (secondary N) is 1. The lowest BCUT2D eigenvalue weighted by molar-refractivity contribution is -0.0323. The highest BCUT2D eigenvalue weighted by atomic mass is 32.1. The van der Waals surface area contributed by atoms with Gasteiger partial charge in [0.05, 0.1) is 23.3 Å². The van der Waals surface area contributed by atoms with Crippen LogP contribution in [0.3, 0.4) is 0 Å². The number of aromatic nitrogens is 2. The van der Waals surface area contributed by atoms with E-state index in [1.54, 1.807) is 11.3 Å². The first-order valence-corrected chi connectivity index (χ1v) is 10.9. The molecule has 29 heavy (non-hydrogen) atoms. The van der Waals surface area contributed by atoms with Gasteiger partial charge >= 0.3 is 0 Å². The molecule has 0 saturated carbocycles. The topological polar surface area (TPSA) is 59.4 Å². The van der Waals surface area contributed by atoms with E-state index in [9.17, 15) is 4.79 Å². The summed E-state index contributed by atoms with van der Waals surface area (Å²) in [5.41, 5.74) is 3.32. The SMILES string of the molecule is Cc1nn(C)cc1CN1CCOC(c2c(C(=O)NC(C)C)sc3ccccc23)C1. The highest BCUT2D eigenvalue weighted by Gasteiger charge is 2.30. The fourth-order valence-electron chi connectivity index (χ4n) is 3.95. The molecule has 1 unspecified atom stereocenters. The fourth-order valence-corrected chi connectivity index (χ4v) is 5.10. The maximum Gasteiger partial charge on any atom is 0.261 e. The van der Waals surface area contributed by atoms with E-state index in [1.807, 2.05) is 44.6 Å². The summed E-state index contributed by atoms with van der Waals surface area (Å²) in [6.45, 7) is 9.15. The van der Waals surface area contributed by atoms with Crippen LogP contribution in [-0.4, -0.2) is 46.3 Å². The monoisotopic (exact) mass is 412 g/mol. The standard InChI is InChI=1S/C22H28N4O2S/c1-14(2)23-22(27)21-20(17-7-5-6-8-19(17)29-21)18-13-26(9-10-28-18)12-16-11-25(4)24-15(16)3/h5-8,11,14,18H,9-10,12-13H2,1-4H3,(H,23,27). The number of aryl methyl sites for hydroxylation is 2. The molecule has 7 heteroatoms. The van der Waals surface area contributed by atoms with Crippen LogP contribution in [0.2, 0.25) is 0 Å². The number of ether oxygens (including phenoxy) is 1. The van der Waals surface area contributed by atoms with Crippen molar-refractivity contribution in [3.05, 3.63) is 52.2 Å². The van der Waals surface area contributed by atoms with Crippen LogP contribution in [0.1, 0.15) is 46.4 Å². The highest BCUT2D eigenvalue weighted by molar-refractivity contribution is 7.21. The molecule has 1 aromatic carbocycles. The third-order valence-corrected chi connectivity index (χ3v) is 6.43. The van der Waals surface area contributed by atoms with Crippen molar-refractivity contribution < 1.29 is 9.53 Å². The second-order valence-electron chi connectivity index (χ2n) is 7.98. The highest BCUT2D eigenvalue weighted by Crippen LogP contribution is 2.38. The van der Waals surface area contributed by atoms with E-state index >= 15 is 0 Å². The first-order valence-electron chi connectivity index (χ1n) is 10.1. The van der Waals surface area contributed by atoms with Crippen molar-refractivity contribution in [2.24, 2.45) is 7.05 Å². The predicted octanol–water partition coefficient (Wildman–Crippen LogP) is 3.65. The maximum absolute atomic E-state index is 12.9. The number of amides is 1. The summed E-state index contributed by atoms with van der Waals surface area (Å²) in [7, 11) is 1.95. The van der Waals surface area contributed by atoms with Crippen LogP contribution < -0.4 is 5.32 Å². The number of nitrogens with zero attached hydrogens (tertiary/aromatic N) is 3. The summed E-state index contributed by atoms with van der Waals surface area (Å²) in [5.74, 6) is -0.0139. The minimum atomic E-state index is -0.121. The van der Waals surface area contributed by atoms with E-state index in [1.165, 1.54) is 5.56 Å². The van der Waals surface area contributed by atoms with E-state index < -0.39 is 0 Å². The number of benzene rings is 1. The van der Waals surface area contributed by atoms with Gasteiger partial charge in [0, 0.05) is 54.7 Å². The van der Waals surface area contributed by atoms with Crippen molar-refractivity contribution in [1.29, 1.82) is 0 Å². The number of thiophene rings is 1. The molecule has 0 radical (unpaired) electrons. The average Bonchev–Trinajstić information content (AvgIpc) is 3.21. The van der Waals surface area contributed by atoms with Crippen LogP contribution in [0.4, 0.5) is 0 Å². The molecule has 1 atom stereocenters. The van der Waals surface area contributed by atoms with E-state index in [0.717, 1.165) is 45.9 Å². The van der Waals surface area contributed by atoms with E-state index in [2.05, 4.69) is 33.6 Å². The molecule has 1 saturated heterocycles. The van der Waals surface area contributed by atoms with Gasteiger partial charge in [0.2, 0.25) is 0 Å². The molecular formula is C22H28N4O2S. The number of morpholine rings is 1. The van der Waals surface area contributed by atoms with Crippen LogP contribution in [-0.2, 0) is 18.3 Å². The molecule has 2 aromatic heterocycles. The van der Waals surface area contributed by atoms with Crippen molar-refractivity contribution in [1.82, 2.24) is 20.0 Å². The Kier molecular flexibility index (Phi) is 5.72. The second-order valence-corrected chi connectivity index (χ2v) is 9.03. The Bertz CT molecular complexity index is 1020. The largest absolute Gasteiger partial charge is 0.371 e. The summed E-state index contributed by atoms with van der Waals surface area (Å²) in [6.07, 6.45) is 1.96. The molecule has 0 bridgehead atoms. The zero-order chi connectivity index (χ0) is 20.5. The van der Waals surface area contributed by atoms with Crippen LogP contribution in [0, 0.1) is 6.92 Å². The quantitative estimate of drug-likeness (QED) is 0.695. The number of hydrogen-bond donors (Lipinski definition) is 1. The smallest absolute Gasteiger partial charge is 0.261 e. The lowest BCUT2D eigenvalue weighted by atomic mass is 10.0. The molecule has 1 N–H and O–H groups in total. The minimum Gasteiger partial charge on any atom is -0.371 e. The van der Waals surface area contributed by atoms with Crippen LogP contribution in [0.25, 0.3) is 10.1 Å². The Hall–Kier alpha value is -2.22. The van der Waals surface area contributed by atoms with E-state index in [0.29, 0.717) is 6.61 Å². The molecule has 6 nitrogen and oxygen atoms in total. The Balaban J connectivity index is 1.64. The van der Waals surface area contributed by atoms with Crippen molar-refractivity contribution in [2.45, 2.75) is 39.5 Å². The molecule has 4 rings (SSSR count). The molecule has 0 aliphatic carbocycles. The molecule has 1 aliphatic heterocycles. The Morgan fingerprint density at radius 3 is 2.90 bits per heavy atom. The molecule has 3 heterocycles. The first-order chi connectivity index (χ1) is 13.9. The van der Waals surface area contributed by atoms with E-state index in [4.69, 9.17) is 4.74 Å². The van der Waals surface area contributed by atoms with Crippen LogP contribution in [0.15, 0.2) is 30.5 Å². The fraction of sp³-hybridized carbons (Fsp3) is 0.455. The van der Waals surface area contributed by atoms with Gasteiger partial charge in [-0.2, -0.15) is 5.10 Å². The van der Waals surface area contributed by atoms with Gasteiger partial charge in [-0.3, -0.25) is 14.4 Å². The normalized spacial score (nSPS) is 17.9. The third kappa shape index (κ3) is 4.22. The molecule has 0 spiro atoms. The minimum absolute atomic E-state index is 0.0139. The van der Waals surface area contributed by atoms with Gasteiger partial charge < -0.3 is 10.1 Å². The van der Waals surface area contributed by atoms with E-state index in [-0.39, 0.29) is 18.1 Å². The Morgan fingerprint density at radius 1 is 1.38 bits per heavy atom. The summed E-state index contributed by atoms with van der Waals surface area (Å²) in [4.78, 5) is 16.1. The van der Waals surface area contributed by atoms with Gasteiger partial charge in [-0.05, 0) is 32.2 Å². The number of rotatable bonds is 5. The molecule has 1 fully saturated rings. The third-order valence-electron chi connectivity index (χ3n) is 5.24.